The number of ether oxygens (including phenoxy) is 1. The van der Waals surface area contributed by atoms with Gasteiger partial charge in [0.1, 0.15) is 11.5 Å². The Labute approximate surface area is 169 Å². The molecule has 6 rings (SSSR count). The van der Waals surface area contributed by atoms with Gasteiger partial charge in [0.2, 0.25) is 5.91 Å². The van der Waals surface area contributed by atoms with Gasteiger partial charge >= 0.3 is 5.97 Å². The summed E-state index contributed by atoms with van der Waals surface area (Å²) in [6, 6.07) is 15.0. The zero-order valence-corrected chi connectivity index (χ0v) is 16.1. The van der Waals surface area contributed by atoms with E-state index < -0.39 is 17.8 Å². The van der Waals surface area contributed by atoms with E-state index in [0.29, 0.717) is 23.3 Å². The number of carboxylic acids is 1. The van der Waals surface area contributed by atoms with Crippen molar-refractivity contribution in [2.45, 2.75) is 13.3 Å². The molecule has 2 saturated carbocycles. The van der Waals surface area contributed by atoms with Crippen molar-refractivity contribution in [2.24, 2.45) is 35.5 Å². The molecule has 29 heavy (non-hydrogen) atoms. The van der Waals surface area contributed by atoms with Crippen LogP contribution in [0.25, 0.3) is 0 Å². The minimum Gasteiger partial charge on any atom is -0.481 e. The number of aliphatic carboxylic acids is 1. The Morgan fingerprint density at radius 2 is 1.66 bits per heavy atom. The second kappa shape index (κ2) is 6.76. The van der Waals surface area contributed by atoms with Gasteiger partial charge in [0, 0.05) is 5.69 Å². The number of hydrogen-bond acceptors (Lipinski definition) is 3. The van der Waals surface area contributed by atoms with Gasteiger partial charge in [-0.05, 0) is 79.0 Å². The van der Waals surface area contributed by atoms with Gasteiger partial charge in [0.05, 0.1) is 11.8 Å². The average Bonchev–Trinajstić information content (AvgIpc) is 3.51. The number of benzene rings is 2. The van der Waals surface area contributed by atoms with E-state index in [1.807, 2.05) is 37.3 Å². The number of amides is 1. The van der Waals surface area contributed by atoms with Gasteiger partial charge < -0.3 is 15.2 Å². The summed E-state index contributed by atoms with van der Waals surface area (Å²) in [5, 5.41) is 12.7. The monoisotopic (exact) mass is 389 g/mol. The van der Waals surface area contributed by atoms with E-state index in [9.17, 15) is 14.7 Å². The Morgan fingerprint density at radius 3 is 2.31 bits per heavy atom. The molecule has 2 aromatic rings. The van der Waals surface area contributed by atoms with Crippen LogP contribution in [-0.2, 0) is 9.59 Å². The molecule has 0 heterocycles. The lowest BCUT2D eigenvalue weighted by atomic mass is 9.62. The van der Waals surface area contributed by atoms with Gasteiger partial charge in [-0.2, -0.15) is 0 Å². The quantitative estimate of drug-likeness (QED) is 0.739. The number of hydrogen-bond donors (Lipinski definition) is 2. The largest absolute Gasteiger partial charge is 0.481 e. The van der Waals surface area contributed by atoms with Crippen LogP contribution in [0.3, 0.4) is 0 Å². The fraction of sp³-hybridized carbons (Fsp3) is 0.333. The van der Waals surface area contributed by atoms with Gasteiger partial charge in [0.15, 0.2) is 0 Å². The zero-order valence-electron chi connectivity index (χ0n) is 16.1. The molecular weight excluding hydrogens is 366 g/mol. The molecule has 0 radical (unpaired) electrons. The van der Waals surface area contributed by atoms with E-state index in [0.717, 1.165) is 17.7 Å². The molecule has 6 atom stereocenters. The Bertz CT molecular complexity index is 996. The SMILES string of the molecule is Cc1cccc(Oc2ccc(NC(=O)[C@H]3[C@H]4C=C[C@H]([C@H]5C[C@H]45)[C@@H]3C(=O)O)cc2)c1. The average molecular weight is 389 g/mol. The first kappa shape index (κ1) is 18.0. The third-order valence-electron chi connectivity index (χ3n) is 6.59. The molecule has 4 aliphatic carbocycles. The van der Waals surface area contributed by atoms with Gasteiger partial charge in [-0.25, -0.2) is 0 Å². The van der Waals surface area contributed by atoms with Crippen LogP contribution in [0.1, 0.15) is 12.0 Å². The molecule has 0 aromatic heterocycles. The normalized spacial score (nSPS) is 31.1. The summed E-state index contributed by atoms with van der Waals surface area (Å²) in [6.45, 7) is 2.01. The van der Waals surface area contributed by atoms with Crippen molar-refractivity contribution in [1.29, 1.82) is 0 Å². The highest BCUT2D eigenvalue weighted by Crippen LogP contribution is 2.63. The van der Waals surface area contributed by atoms with Crippen LogP contribution >= 0.6 is 0 Å². The molecule has 2 N–H and O–H groups in total. The number of carbonyl (C=O) groups is 2. The molecular formula is C24H23NO4. The lowest BCUT2D eigenvalue weighted by Gasteiger charge is -2.41. The number of anilines is 1. The van der Waals surface area contributed by atoms with Crippen molar-refractivity contribution < 1.29 is 19.4 Å². The minimum absolute atomic E-state index is 0.0108. The molecule has 5 heteroatoms. The summed E-state index contributed by atoms with van der Waals surface area (Å²) in [7, 11) is 0. The van der Waals surface area contributed by atoms with Gasteiger partial charge in [-0.1, -0.05) is 24.3 Å². The number of aryl methyl sites for hydroxylation is 1. The first-order valence-corrected chi connectivity index (χ1v) is 10.1. The molecule has 0 spiro atoms. The van der Waals surface area contributed by atoms with Crippen LogP contribution in [0, 0.1) is 42.4 Å². The van der Waals surface area contributed by atoms with Crippen LogP contribution in [0.15, 0.2) is 60.7 Å². The molecule has 4 aliphatic rings. The number of fused-ring (bicyclic) bond motifs is 1. The Balaban J connectivity index is 1.29. The van der Waals surface area contributed by atoms with Crippen molar-refractivity contribution in [1.82, 2.24) is 0 Å². The highest BCUT2D eigenvalue weighted by Gasteiger charge is 2.62. The second-order valence-electron chi connectivity index (χ2n) is 8.43. The molecule has 5 nitrogen and oxygen atoms in total. The molecule has 2 aromatic carbocycles. The number of carboxylic acid groups (broad SMARTS) is 1. The Kier molecular flexibility index (Phi) is 4.19. The summed E-state index contributed by atoms with van der Waals surface area (Å²) in [5.41, 5.74) is 1.77. The summed E-state index contributed by atoms with van der Waals surface area (Å²) in [5.74, 6) is 0.193. The van der Waals surface area contributed by atoms with Gasteiger partial charge in [-0.15, -0.1) is 0 Å². The summed E-state index contributed by atoms with van der Waals surface area (Å²) >= 11 is 0. The molecule has 2 fully saturated rings. The number of carbonyl (C=O) groups excluding carboxylic acids is 1. The molecule has 0 unspecified atom stereocenters. The van der Waals surface area contributed by atoms with E-state index >= 15 is 0 Å². The van der Waals surface area contributed by atoms with E-state index in [2.05, 4.69) is 11.4 Å². The zero-order chi connectivity index (χ0) is 20.1. The first-order valence-electron chi connectivity index (χ1n) is 10.1. The van der Waals surface area contributed by atoms with Gasteiger partial charge in [0.25, 0.3) is 0 Å². The van der Waals surface area contributed by atoms with Crippen LogP contribution in [-0.4, -0.2) is 17.0 Å². The van der Waals surface area contributed by atoms with E-state index in [4.69, 9.17) is 4.74 Å². The number of rotatable bonds is 5. The maximum Gasteiger partial charge on any atom is 0.307 e. The molecule has 1 amide bonds. The predicted octanol–water partition coefficient (Wildman–Crippen LogP) is 4.49. The minimum atomic E-state index is -0.864. The number of allylic oxidation sites excluding steroid dienone is 2. The maximum atomic E-state index is 13.0. The van der Waals surface area contributed by atoms with E-state index in [1.54, 1.807) is 24.3 Å². The second-order valence-corrected chi connectivity index (χ2v) is 8.43. The van der Waals surface area contributed by atoms with E-state index in [-0.39, 0.29) is 17.7 Å². The van der Waals surface area contributed by atoms with Crippen LogP contribution in [0.2, 0.25) is 0 Å². The van der Waals surface area contributed by atoms with Crippen molar-refractivity contribution >= 4 is 17.6 Å². The fourth-order valence-corrected chi connectivity index (χ4v) is 5.22. The highest BCUT2D eigenvalue weighted by molar-refractivity contribution is 5.96. The maximum absolute atomic E-state index is 13.0. The highest BCUT2D eigenvalue weighted by atomic mass is 16.5. The predicted molar refractivity (Wildman–Crippen MR) is 109 cm³/mol. The summed E-state index contributed by atoms with van der Waals surface area (Å²) in [4.78, 5) is 24.9. The molecule has 0 aliphatic heterocycles. The smallest absolute Gasteiger partial charge is 0.307 e. The standard InChI is InChI=1S/C24H23NO4/c1-13-3-2-4-16(11-13)29-15-7-5-14(6-8-15)25-23(26)21-17-9-10-18(20-12-19(17)20)22(21)24(27)28/h2-11,17-22H,12H2,1H3,(H,25,26)(H,27,28)/t17-,18+,19+,20+,21-,22-/m0/s1. The van der Waals surface area contributed by atoms with Crippen LogP contribution in [0.5, 0.6) is 11.5 Å². The topological polar surface area (TPSA) is 75.6 Å². The lowest BCUT2D eigenvalue weighted by molar-refractivity contribution is -0.152. The fourth-order valence-electron chi connectivity index (χ4n) is 5.22. The molecule has 2 bridgehead atoms. The third-order valence-corrected chi connectivity index (χ3v) is 6.59. The third kappa shape index (κ3) is 3.20. The molecule has 148 valence electrons. The first-order chi connectivity index (χ1) is 14.0. The van der Waals surface area contributed by atoms with E-state index in [1.165, 1.54) is 0 Å². The lowest BCUT2D eigenvalue weighted by Crippen LogP contribution is -2.48. The van der Waals surface area contributed by atoms with Crippen molar-refractivity contribution in [3.05, 3.63) is 66.2 Å². The van der Waals surface area contributed by atoms with Crippen LogP contribution < -0.4 is 10.1 Å². The molecule has 0 saturated heterocycles. The van der Waals surface area contributed by atoms with Crippen molar-refractivity contribution in [3.63, 3.8) is 0 Å². The Hall–Kier alpha value is -3.08. The van der Waals surface area contributed by atoms with Crippen LogP contribution in [0.4, 0.5) is 5.69 Å². The number of nitrogens with one attached hydrogen (secondary N) is 1. The summed E-state index contributed by atoms with van der Waals surface area (Å²) < 4.78 is 5.84. The van der Waals surface area contributed by atoms with Crippen molar-refractivity contribution in [2.75, 3.05) is 5.32 Å². The Morgan fingerprint density at radius 1 is 0.966 bits per heavy atom. The van der Waals surface area contributed by atoms with Gasteiger partial charge in [-0.3, -0.25) is 9.59 Å². The summed E-state index contributed by atoms with van der Waals surface area (Å²) in [6.07, 6.45) is 5.14. The van der Waals surface area contributed by atoms with Crippen molar-refractivity contribution in [3.8, 4) is 11.5 Å².